The van der Waals surface area contributed by atoms with Crippen LogP contribution in [0.1, 0.15) is 29.7 Å². The first-order valence-corrected chi connectivity index (χ1v) is 11.9. The van der Waals surface area contributed by atoms with E-state index < -0.39 is 15.9 Å². The minimum Gasteiger partial charge on any atom is -0.493 e. The lowest BCUT2D eigenvalue weighted by Crippen LogP contribution is -2.27. The lowest BCUT2D eigenvalue weighted by molar-refractivity contribution is 0.121. The van der Waals surface area contributed by atoms with Crippen LogP contribution in [-0.4, -0.2) is 50.9 Å². The van der Waals surface area contributed by atoms with E-state index in [1.54, 1.807) is 24.3 Å². The summed E-state index contributed by atoms with van der Waals surface area (Å²) < 4.78 is 29.0. The fourth-order valence-corrected chi connectivity index (χ4v) is 4.45. The quantitative estimate of drug-likeness (QED) is 0.705. The van der Waals surface area contributed by atoms with Crippen molar-refractivity contribution in [2.45, 2.75) is 17.9 Å². The fourth-order valence-electron chi connectivity index (χ4n) is 3.82. The molecule has 0 aromatic heterocycles. The van der Waals surface area contributed by atoms with Crippen LogP contribution in [0.5, 0.6) is 5.75 Å². The third-order valence-corrected chi connectivity index (χ3v) is 6.72. The maximum absolute atomic E-state index is 11.6. The van der Waals surface area contributed by atoms with Gasteiger partial charge in [0.05, 0.1) is 40.9 Å². The lowest BCUT2D eigenvalue weighted by Gasteiger charge is -2.21. The molecular formula is C23H25N3O4S. The van der Waals surface area contributed by atoms with Gasteiger partial charge in [-0.05, 0) is 53.9 Å². The average Bonchev–Trinajstić information content (AvgIpc) is 3.10. The second kappa shape index (κ2) is 9.49. The molecule has 1 heterocycles. The molecule has 2 aromatic carbocycles. The van der Waals surface area contributed by atoms with E-state index in [1.165, 1.54) is 24.5 Å². The second-order valence-electron chi connectivity index (χ2n) is 8.09. The number of aliphatic hydroxyl groups excluding tert-OH is 1. The molecule has 1 N–H and O–H groups in total. The van der Waals surface area contributed by atoms with Gasteiger partial charge in [0.1, 0.15) is 5.75 Å². The van der Waals surface area contributed by atoms with Gasteiger partial charge in [-0.2, -0.15) is 10.5 Å². The third-order valence-electron chi connectivity index (χ3n) is 5.59. The van der Waals surface area contributed by atoms with Crippen molar-refractivity contribution < 1.29 is 18.3 Å². The Kier molecular flexibility index (Phi) is 6.97. The minimum absolute atomic E-state index is 0.259. The lowest BCUT2D eigenvalue weighted by atomic mass is 9.99. The van der Waals surface area contributed by atoms with Crippen molar-refractivity contribution in [3.63, 3.8) is 0 Å². The molecule has 2 aromatic rings. The first-order valence-electron chi connectivity index (χ1n) is 9.98. The molecule has 3 rings (SSSR count). The number of nitrogens with zero attached hydrogens (tertiary/aromatic N) is 3. The number of ether oxygens (including phenoxy) is 1. The van der Waals surface area contributed by atoms with Gasteiger partial charge in [-0.1, -0.05) is 6.92 Å². The molecule has 1 aliphatic heterocycles. The molecule has 3 atom stereocenters. The summed E-state index contributed by atoms with van der Waals surface area (Å²) in [7, 11) is -3.23. The highest BCUT2D eigenvalue weighted by Gasteiger charge is 2.31. The van der Waals surface area contributed by atoms with Crippen LogP contribution in [0.2, 0.25) is 0 Å². The van der Waals surface area contributed by atoms with Crippen molar-refractivity contribution in [2.75, 3.05) is 32.5 Å². The van der Waals surface area contributed by atoms with Crippen molar-refractivity contribution in [3.05, 3.63) is 59.2 Å². The van der Waals surface area contributed by atoms with Crippen molar-refractivity contribution in [1.29, 1.82) is 10.5 Å². The highest BCUT2D eigenvalue weighted by Crippen LogP contribution is 2.27. The first kappa shape index (κ1) is 22.8. The summed E-state index contributed by atoms with van der Waals surface area (Å²) in [4.78, 5) is 2.41. The van der Waals surface area contributed by atoms with Crippen LogP contribution in [0.4, 0.5) is 0 Å². The Morgan fingerprint density at radius 3 is 2.29 bits per heavy atom. The molecule has 0 aliphatic carbocycles. The minimum atomic E-state index is -3.23. The van der Waals surface area contributed by atoms with Gasteiger partial charge in [-0.3, -0.25) is 4.90 Å². The summed E-state index contributed by atoms with van der Waals surface area (Å²) in [5.74, 6) is 1.25. The van der Waals surface area contributed by atoms with Crippen LogP contribution < -0.4 is 4.74 Å². The molecule has 0 amide bonds. The zero-order chi connectivity index (χ0) is 22.6. The van der Waals surface area contributed by atoms with Gasteiger partial charge in [0.15, 0.2) is 9.84 Å². The van der Waals surface area contributed by atoms with Gasteiger partial charge >= 0.3 is 0 Å². The first-order chi connectivity index (χ1) is 14.7. The number of hydrogen-bond acceptors (Lipinski definition) is 7. The molecule has 1 saturated heterocycles. The van der Waals surface area contributed by atoms with Gasteiger partial charge in [-0.25, -0.2) is 8.42 Å². The maximum atomic E-state index is 11.6. The zero-order valence-electron chi connectivity index (χ0n) is 17.5. The van der Waals surface area contributed by atoms with E-state index in [-0.39, 0.29) is 10.8 Å². The van der Waals surface area contributed by atoms with Gasteiger partial charge in [0.2, 0.25) is 0 Å². The Bertz CT molecular complexity index is 1080. The summed E-state index contributed by atoms with van der Waals surface area (Å²) in [6, 6.07) is 15.2. The molecule has 1 aliphatic rings. The van der Waals surface area contributed by atoms with Crippen molar-refractivity contribution in [3.8, 4) is 17.9 Å². The average molecular weight is 440 g/mol. The number of nitriles is 2. The molecule has 0 spiro atoms. The van der Waals surface area contributed by atoms with Gasteiger partial charge in [-0.15, -0.1) is 0 Å². The normalized spacial score (nSPS) is 20.0. The Hall–Kier alpha value is -2.91. The van der Waals surface area contributed by atoms with Gasteiger partial charge < -0.3 is 9.84 Å². The summed E-state index contributed by atoms with van der Waals surface area (Å²) in [6.07, 6.45) is 0.375. The zero-order valence-corrected chi connectivity index (χ0v) is 18.3. The number of sulfone groups is 1. The van der Waals surface area contributed by atoms with E-state index in [0.717, 1.165) is 13.1 Å². The number of benzene rings is 2. The summed E-state index contributed by atoms with van der Waals surface area (Å²) in [6.45, 7) is 4.60. The number of likely N-dealkylation sites (tertiary alicyclic amines) is 1. The molecule has 1 unspecified atom stereocenters. The Morgan fingerprint density at radius 2 is 1.74 bits per heavy atom. The van der Waals surface area contributed by atoms with Crippen molar-refractivity contribution in [1.82, 2.24) is 4.90 Å². The molecule has 7 nitrogen and oxygen atoms in total. The highest BCUT2D eigenvalue weighted by molar-refractivity contribution is 7.90. The molecule has 0 radical (unpaired) electrons. The van der Waals surface area contributed by atoms with Crippen LogP contribution in [0.15, 0.2) is 47.4 Å². The molecule has 162 valence electrons. The highest BCUT2D eigenvalue weighted by atomic mass is 32.2. The standard InChI is InChI=1S/C23H25N3O4S/c1-16-12-26(14-23(27)19-8-17(10-24)7-18(9-19)11-25)13-20(16)15-30-21-3-5-22(6-4-21)31(2,28)29/h3-9,16,20,23,27H,12-15H2,1-2H3/t16-,20+,23?/m1/s1. The largest absolute Gasteiger partial charge is 0.493 e. The molecule has 8 heteroatoms. The van der Waals surface area contributed by atoms with E-state index in [1.807, 2.05) is 12.1 Å². The molecular weight excluding hydrogens is 414 g/mol. The van der Waals surface area contributed by atoms with E-state index in [2.05, 4.69) is 11.8 Å². The van der Waals surface area contributed by atoms with Crippen molar-refractivity contribution >= 4 is 9.84 Å². The van der Waals surface area contributed by atoms with Crippen LogP contribution >= 0.6 is 0 Å². The van der Waals surface area contributed by atoms with Crippen LogP contribution in [0.3, 0.4) is 0 Å². The van der Waals surface area contributed by atoms with Crippen molar-refractivity contribution in [2.24, 2.45) is 11.8 Å². The Morgan fingerprint density at radius 1 is 1.13 bits per heavy atom. The third kappa shape index (κ3) is 5.83. The number of aliphatic hydroxyl groups is 1. The molecule has 0 bridgehead atoms. The summed E-state index contributed by atoms with van der Waals surface area (Å²) >= 11 is 0. The Balaban J connectivity index is 1.57. The topological polar surface area (TPSA) is 114 Å². The SMILES string of the molecule is C[C@@H]1CN(CC(O)c2cc(C#N)cc(C#N)c2)C[C@H]1COc1ccc(S(C)(=O)=O)cc1. The predicted octanol–water partition coefficient (Wildman–Crippen LogP) is 2.51. The van der Waals surface area contributed by atoms with E-state index in [4.69, 9.17) is 15.3 Å². The number of β-amino-alcohol motifs (C(OH)–C–C–N with tert-alkyl or cyclic N) is 1. The van der Waals surface area contributed by atoms with E-state index in [9.17, 15) is 13.5 Å². The summed E-state index contributed by atoms with van der Waals surface area (Å²) in [5, 5.41) is 28.9. The molecule has 31 heavy (non-hydrogen) atoms. The van der Waals surface area contributed by atoms with Gasteiger partial charge in [0.25, 0.3) is 0 Å². The van der Waals surface area contributed by atoms with E-state index >= 15 is 0 Å². The molecule has 1 fully saturated rings. The van der Waals surface area contributed by atoms with Gasteiger partial charge in [0, 0.05) is 31.8 Å². The fraction of sp³-hybridized carbons (Fsp3) is 0.391. The number of rotatable bonds is 7. The van der Waals surface area contributed by atoms with Crippen LogP contribution in [0, 0.1) is 34.5 Å². The molecule has 0 saturated carbocycles. The summed E-state index contributed by atoms with van der Waals surface area (Å²) in [5.41, 5.74) is 1.28. The van der Waals surface area contributed by atoms with E-state index in [0.29, 0.717) is 41.5 Å². The smallest absolute Gasteiger partial charge is 0.175 e. The second-order valence-corrected chi connectivity index (χ2v) is 10.1. The Labute approximate surface area is 183 Å². The number of hydrogen-bond donors (Lipinski definition) is 1. The maximum Gasteiger partial charge on any atom is 0.175 e. The van der Waals surface area contributed by atoms with Crippen LogP contribution in [0.25, 0.3) is 0 Å². The van der Waals surface area contributed by atoms with Crippen LogP contribution in [-0.2, 0) is 9.84 Å². The monoisotopic (exact) mass is 439 g/mol. The predicted molar refractivity (Wildman–Crippen MR) is 115 cm³/mol.